The number of fused-ring (bicyclic) bond motifs is 4. The molecule has 6 aliphatic heterocycles. The van der Waals surface area contributed by atoms with Crippen LogP contribution in [0.2, 0.25) is 0 Å². The highest BCUT2D eigenvalue weighted by molar-refractivity contribution is 6.13. The topological polar surface area (TPSA) is 307 Å². The van der Waals surface area contributed by atoms with Gasteiger partial charge in [-0.1, -0.05) is 0 Å². The fourth-order valence-corrected chi connectivity index (χ4v) is 11.2. The number of ether oxygens (including phenoxy) is 7. The third-order valence-corrected chi connectivity index (χ3v) is 16.0. The summed E-state index contributed by atoms with van der Waals surface area (Å²) >= 11 is 0. The predicted molar refractivity (Wildman–Crippen MR) is 312 cm³/mol. The summed E-state index contributed by atoms with van der Waals surface area (Å²) < 4.78 is 40.4. The van der Waals surface area contributed by atoms with Crippen LogP contribution >= 0.6 is 0 Å². The molecule has 6 heterocycles. The van der Waals surface area contributed by atoms with E-state index < -0.39 is 71.9 Å². The van der Waals surface area contributed by atoms with Crippen molar-refractivity contribution in [2.45, 2.75) is 146 Å². The number of hydrogen-bond acceptors (Lipinski definition) is 18. The third-order valence-electron chi connectivity index (χ3n) is 16.0. The van der Waals surface area contributed by atoms with E-state index in [1.807, 2.05) is 22.1 Å². The number of nitrogens with zero attached hydrogens (tertiary/aromatic N) is 5. The Morgan fingerprint density at radius 2 is 1.31 bits per heavy atom. The van der Waals surface area contributed by atoms with Crippen molar-refractivity contribution >= 4 is 70.8 Å². The van der Waals surface area contributed by atoms with Crippen LogP contribution in [0.1, 0.15) is 119 Å². The minimum absolute atomic E-state index is 0.00503. The lowest BCUT2D eigenvalue weighted by molar-refractivity contribution is -0.137. The summed E-state index contributed by atoms with van der Waals surface area (Å²) in [6, 6.07) is 3.12. The molecule has 0 radical (unpaired) electrons. The van der Waals surface area contributed by atoms with Gasteiger partial charge in [0.1, 0.15) is 30.8 Å². The number of nitrogens with one attached hydrogen (secondary N) is 5. The first kappa shape index (κ1) is 64.2. The zero-order valence-electron chi connectivity index (χ0n) is 50.0. The molecule has 2 unspecified atom stereocenters. The van der Waals surface area contributed by atoms with Crippen LogP contribution in [-0.2, 0) is 47.8 Å². The molecule has 2 aromatic rings. The standard InChI is InChI=1S/C60H82N10O16/c1-36(63-55(75)37(2)64-56(76)38(3)65-57(77)43(17-8-9-21-61-51(72)35-83-28-27-80-4)66-50(71)18-14-24-69-52(73)19-20-53(69)74)54-60(86-54)70-34-40-16-13-23-68(40)59(79)42-30-47(82-6)49(32-45(42)70)85-26-11-7-10-25-84-48-31-44-41(29-46(48)81-5)58(78)67-22-12-15-39(67)33-62-44/h19-20,29-33,36-40,43,54,60H,7-18,21-28,34-35H2,1-6H3,(H,61,72)(H,63,75)(H,64,76)(H,65,77)(H,66,71)/t36-,37+,38+,39+,40+,43+,54?,60?/m1/s1. The van der Waals surface area contributed by atoms with Crippen molar-refractivity contribution in [1.82, 2.24) is 41.3 Å². The fraction of sp³-hybridized carbons (Fsp3) is 0.600. The van der Waals surface area contributed by atoms with Gasteiger partial charge >= 0.3 is 0 Å². The molecular weight excluding hydrogens is 1120 g/mol. The summed E-state index contributed by atoms with van der Waals surface area (Å²) in [6.45, 7) is 8.06. The molecule has 0 aromatic heterocycles. The molecule has 0 bridgehead atoms. The number of methoxy groups -OCH3 is 3. The second-order valence-electron chi connectivity index (χ2n) is 22.3. The Kier molecular flexibility index (Phi) is 22.7. The first-order chi connectivity index (χ1) is 41.5. The maximum absolute atomic E-state index is 14.2. The molecule has 468 valence electrons. The van der Waals surface area contributed by atoms with E-state index in [9.17, 15) is 43.2 Å². The molecule has 3 fully saturated rings. The van der Waals surface area contributed by atoms with Gasteiger partial charge in [-0.3, -0.25) is 53.0 Å². The maximum atomic E-state index is 14.2. The van der Waals surface area contributed by atoms with E-state index in [1.54, 1.807) is 32.2 Å². The molecule has 8 rings (SSSR count). The normalized spacial score (nSPS) is 20.6. The van der Waals surface area contributed by atoms with Gasteiger partial charge < -0.3 is 74.4 Å². The minimum Gasteiger partial charge on any atom is -0.493 e. The van der Waals surface area contributed by atoms with Crippen molar-refractivity contribution in [2.75, 3.05) is 92.0 Å². The third kappa shape index (κ3) is 16.4. The van der Waals surface area contributed by atoms with E-state index in [0.717, 1.165) is 49.2 Å². The van der Waals surface area contributed by atoms with Crippen LogP contribution in [0.25, 0.3) is 0 Å². The van der Waals surface area contributed by atoms with Crippen LogP contribution in [-0.4, -0.2) is 210 Å². The quantitative estimate of drug-likeness (QED) is 0.0389. The first-order valence-corrected chi connectivity index (χ1v) is 29.8. The van der Waals surface area contributed by atoms with Gasteiger partial charge in [0.2, 0.25) is 29.5 Å². The monoisotopic (exact) mass is 1200 g/mol. The second kappa shape index (κ2) is 30.5. The van der Waals surface area contributed by atoms with Crippen molar-refractivity contribution in [3.63, 3.8) is 0 Å². The van der Waals surface area contributed by atoms with Gasteiger partial charge in [-0.25, -0.2) is 0 Å². The molecule has 2 aromatic carbocycles. The fourth-order valence-electron chi connectivity index (χ4n) is 11.2. The largest absolute Gasteiger partial charge is 0.493 e. The average Bonchev–Trinajstić information content (AvgIpc) is 1.92. The van der Waals surface area contributed by atoms with Crippen LogP contribution in [0.15, 0.2) is 41.4 Å². The van der Waals surface area contributed by atoms with Gasteiger partial charge in [-0.05, 0) is 104 Å². The molecule has 8 atom stereocenters. The summed E-state index contributed by atoms with van der Waals surface area (Å²) in [5.41, 5.74) is 2.12. The van der Waals surface area contributed by atoms with Crippen molar-refractivity contribution < 1.29 is 76.3 Å². The Labute approximate surface area is 500 Å². The molecule has 3 saturated heterocycles. The predicted octanol–water partition coefficient (Wildman–Crippen LogP) is 2.46. The first-order valence-electron chi connectivity index (χ1n) is 29.8. The van der Waals surface area contributed by atoms with E-state index in [1.165, 1.54) is 28.1 Å². The van der Waals surface area contributed by atoms with E-state index in [2.05, 4.69) is 36.5 Å². The summed E-state index contributed by atoms with van der Waals surface area (Å²) in [5.74, 6) is -1.92. The minimum atomic E-state index is -1.14. The zero-order valence-corrected chi connectivity index (χ0v) is 50.0. The van der Waals surface area contributed by atoms with Gasteiger partial charge in [0.25, 0.3) is 23.6 Å². The smallest absolute Gasteiger partial charge is 0.256 e. The molecule has 86 heavy (non-hydrogen) atoms. The number of anilines is 1. The highest BCUT2D eigenvalue weighted by atomic mass is 16.6. The number of aliphatic imine (C=N–C) groups is 1. The van der Waals surface area contributed by atoms with Gasteiger partial charge in [0.05, 0.1) is 75.2 Å². The van der Waals surface area contributed by atoms with Crippen molar-refractivity contribution in [3.8, 4) is 23.0 Å². The molecule has 0 aliphatic carbocycles. The SMILES string of the molecule is COCCOCC(=O)NCCCC[C@H](NC(=O)CCCN1C(=O)C=CC1=O)C(=O)N[C@@H](C)C(=O)N[C@@H](C)C(=O)N[C@H](C)C1OC1N1C[C@@H]2CCCN2C(=O)c2cc(OC)c(OCCCCCOc3cc4c(cc3OC)C(=O)N3CCC[C@H]3C=N4)cc21. The molecule has 0 spiro atoms. The molecular formula is C60H82N10O16. The van der Waals surface area contributed by atoms with Gasteiger partial charge in [-0.2, -0.15) is 0 Å². The zero-order chi connectivity index (χ0) is 61.4. The van der Waals surface area contributed by atoms with Crippen LogP contribution in [0.5, 0.6) is 23.0 Å². The van der Waals surface area contributed by atoms with Gasteiger partial charge in [-0.15, -0.1) is 0 Å². The number of rotatable bonds is 33. The van der Waals surface area contributed by atoms with Crippen LogP contribution in [0, 0.1) is 0 Å². The summed E-state index contributed by atoms with van der Waals surface area (Å²) in [7, 11) is 4.60. The molecule has 6 aliphatic rings. The number of amides is 9. The molecule has 26 nitrogen and oxygen atoms in total. The van der Waals surface area contributed by atoms with Crippen LogP contribution < -0.4 is 50.4 Å². The highest BCUT2D eigenvalue weighted by Gasteiger charge is 2.51. The second-order valence-corrected chi connectivity index (χ2v) is 22.3. The number of unbranched alkanes of at least 4 members (excludes halogenated alkanes) is 3. The Hall–Kier alpha value is -7.84. The number of epoxide rings is 1. The van der Waals surface area contributed by atoms with E-state index in [-0.39, 0.29) is 75.4 Å². The Morgan fingerprint density at radius 3 is 2.02 bits per heavy atom. The molecule has 9 amide bonds. The lowest BCUT2D eigenvalue weighted by Gasteiger charge is -2.27. The van der Waals surface area contributed by atoms with Crippen LogP contribution in [0.3, 0.4) is 0 Å². The molecule has 5 N–H and O–H groups in total. The highest BCUT2D eigenvalue weighted by Crippen LogP contribution is 2.44. The average molecular weight is 1200 g/mol. The number of imide groups is 1. The molecule has 0 saturated carbocycles. The maximum Gasteiger partial charge on any atom is 0.256 e. The molecule has 26 heteroatoms. The number of benzene rings is 2. The number of carbonyl (C=O) groups excluding carboxylic acids is 9. The van der Waals surface area contributed by atoms with Gasteiger partial charge in [0, 0.05) is 82.8 Å². The number of hydrogen-bond donors (Lipinski definition) is 5. The summed E-state index contributed by atoms with van der Waals surface area (Å²) in [6.07, 6.45) is 9.87. The summed E-state index contributed by atoms with van der Waals surface area (Å²) in [4.78, 5) is 129. The lowest BCUT2D eigenvalue weighted by Crippen LogP contribution is -2.56. The van der Waals surface area contributed by atoms with Crippen molar-refractivity contribution in [2.24, 2.45) is 4.99 Å². The van der Waals surface area contributed by atoms with Crippen molar-refractivity contribution in [3.05, 3.63) is 47.5 Å². The Balaban J connectivity index is 0.816. The van der Waals surface area contributed by atoms with E-state index in [4.69, 9.17) is 33.2 Å². The van der Waals surface area contributed by atoms with E-state index >= 15 is 0 Å². The van der Waals surface area contributed by atoms with Crippen molar-refractivity contribution in [1.29, 1.82) is 0 Å². The Bertz CT molecular complexity index is 2870. The number of carbonyl (C=O) groups is 9. The van der Waals surface area contributed by atoms with E-state index in [0.29, 0.717) is 111 Å². The summed E-state index contributed by atoms with van der Waals surface area (Å²) in [5, 5.41) is 13.7. The van der Waals surface area contributed by atoms with Crippen LogP contribution in [0.4, 0.5) is 11.4 Å². The van der Waals surface area contributed by atoms with Gasteiger partial charge in [0.15, 0.2) is 29.2 Å². The lowest BCUT2D eigenvalue weighted by atomic mass is 10.1. The Morgan fingerprint density at radius 1 is 0.663 bits per heavy atom.